The van der Waals surface area contributed by atoms with Crippen LogP contribution >= 0.6 is 23.2 Å². The fraction of sp³-hybridized carbons (Fsp3) is 0.571. The van der Waals surface area contributed by atoms with Crippen LogP contribution in [0.5, 0.6) is 0 Å². The summed E-state index contributed by atoms with van der Waals surface area (Å²) in [4.78, 5) is 20.7. The van der Waals surface area contributed by atoms with E-state index < -0.39 is 0 Å². The molecule has 0 bridgehead atoms. The number of anilines is 1. The van der Waals surface area contributed by atoms with Crippen molar-refractivity contribution in [2.45, 2.75) is 6.42 Å². The van der Waals surface area contributed by atoms with Crippen molar-refractivity contribution >= 4 is 34.9 Å². The van der Waals surface area contributed by atoms with Crippen molar-refractivity contribution < 1.29 is 9.53 Å². The smallest absolute Gasteiger partial charge is 0.227 e. The molecule has 114 valence electrons. The van der Waals surface area contributed by atoms with Crippen LogP contribution in [-0.4, -0.2) is 55.2 Å². The molecular weight excluding hydrogens is 313 g/mol. The number of ether oxygens (including phenoxy) is 1. The van der Waals surface area contributed by atoms with Gasteiger partial charge in [0.25, 0.3) is 0 Å². The summed E-state index contributed by atoms with van der Waals surface area (Å²) in [5.74, 6) is 0.931. The number of rotatable bonds is 2. The van der Waals surface area contributed by atoms with Gasteiger partial charge in [0.05, 0.1) is 29.2 Å². The van der Waals surface area contributed by atoms with Crippen molar-refractivity contribution in [3.8, 4) is 0 Å². The normalized spacial score (nSPS) is 22.7. The Balaban J connectivity index is 1.66. The van der Waals surface area contributed by atoms with Crippen LogP contribution in [0.15, 0.2) is 12.3 Å². The van der Waals surface area contributed by atoms with E-state index in [0.717, 1.165) is 13.0 Å². The van der Waals surface area contributed by atoms with Gasteiger partial charge in [-0.2, -0.15) is 0 Å². The van der Waals surface area contributed by atoms with Crippen LogP contribution in [0.3, 0.4) is 0 Å². The molecule has 2 aliphatic rings. The lowest BCUT2D eigenvalue weighted by Crippen LogP contribution is -2.44. The predicted octanol–water partition coefficient (Wildman–Crippen LogP) is 2.07. The quantitative estimate of drug-likeness (QED) is 0.833. The molecule has 2 saturated heterocycles. The molecule has 2 aliphatic heterocycles. The molecule has 1 atom stereocenters. The summed E-state index contributed by atoms with van der Waals surface area (Å²) < 4.78 is 5.29. The third-order valence-corrected chi connectivity index (χ3v) is 4.43. The van der Waals surface area contributed by atoms with E-state index >= 15 is 0 Å². The summed E-state index contributed by atoms with van der Waals surface area (Å²) in [6, 6.07) is 1.68. The molecule has 0 spiro atoms. The fourth-order valence-electron chi connectivity index (χ4n) is 2.84. The summed E-state index contributed by atoms with van der Waals surface area (Å²) >= 11 is 12.1. The monoisotopic (exact) mass is 329 g/mol. The maximum absolute atomic E-state index is 12.5. The van der Waals surface area contributed by atoms with Crippen molar-refractivity contribution in [2.24, 2.45) is 5.92 Å². The van der Waals surface area contributed by atoms with E-state index in [1.54, 1.807) is 12.3 Å². The number of nitrogens with zero attached hydrogens (tertiary/aromatic N) is 3. The molecule has 3 rings (SSSR count). The molecular formula is C14H17Cl2N3O2. The molecule has 1 aromatic rings. The number of carbonyl (C=O) groups is 1. The average molecular weight is 330 g/mol. The molecule has 1 unspecified atom stereocenters. The zero-order valence-electron chi connectivity index (χ0n) is 11.6. The molecule has 0 aromatic carbocycles. The standard InChI is InChI=1S/C14H17Cl2N3O2/c15-11-7-12(16)13(17-8-11)19-2-1-10(9-19)14(20)18-3-5-21-6-4-18/h7-8,10H,1-6,9H2. The maximum Gasteiger partial charge on any atom is 0.227 e. The van der Waals surface area contributed by atoms with Gasteiger partial charge < -0.3 is 14.5 Å². The summed E-state index contributed by atoms with van der Waals surface area (Å²) in [5.41, 5.74) is 0. The Morgan fingerprint density at radius 2 is 2.05 bits per heavy atom. The predicted molar refractivity (Wildman–Crippen MR) is 82.0 cm³/mol. The molecule has 1 aromatic heterocycles. The lowest BCUT2D eigenvalue weighted by Gasteiger charge is -2.29. The second kappa shape index (κ2) is 6.38. The minimum Gasteiger partial charge on any atom is -0.378 e. The topological polar surface area (TPSA) is 45.7 Å². The number of morpholine rings is 1. The summed E-state index contributed by atoms with van der Waals surface area (Å²) in [7, 11) is 0. The van der Waals surface area contributed by atoms with Gasteiger partial charge in [0.1, 0.15) is 5.82 Å². The number of aromatic nitrogens is 1. The first kappa shape index (κ1) is 14.9. The molecule has 3 heterocycles. The van der Waals surface area contributed by atoms with E-state index in [0.29, 0.717) is 48.7 Å². The Bertz CT molecular complexity index is 535. The number of carbonyl (C=O) groups excluding carboxylic acids is 1. The second-order valence-corrected chi connectivity index (χ2v) is 6.17. The molecule has 5 nitrogen and oxygen atoms in total. The minimum atomic E-state index is 0.0108. The highest BCUT2D eigenvalue weighted by molar-refractivity contribution is 6.36. The van der Waals surface area contributed by atoms with Gasteiger partial charge in [-0.25, -0.2) is 4.98 Å². The number of hydrogen-bond acceptors (Lipinski definition) is 4. The Kier molecular flexibility index (Phi) is 4.52. The van der Waals surface area contributed by atoms with Crippen LogP contribution in [0.25, 0.3) is 0 Å². The first-order chi connectivity index (χ1) is 10.1. The van der Waals surface area contributed by atoms with Gasteiger partial charge in [0.15, 0.2) is 0 Å². The number of halogens is 2. The van der Waals surface area contributed by atoms with Crippen LogP contribution < -0.4 is 4.90 Å². The maximum atomic E-state index is 12.5. The van der Waals surface area contributed by atoms with Crippen molar-refractivity contribution in [2.75, 3.05) is 44.3 Å². The van der Waals surface area contributed by atoms with Crippen molar-refractivity contribution in [3.63, 3.8) is 0 Å². The Morgan fingerprint density at radius 3 is 2.76 bits per heavy atom. The largest absolute Gasteiger partial charge is 0.378 e. The zero-order valence-corrected chi connectivity index (χ0v) is 13.1. The highest BCUT2D eigenvalue weighted by Gasteiger charge is 2.33. The average Bonchev–Trinajstić information content (AvgIpc) is 2.97. The highest BCUT2D eigenvalue weighted by atomic mass is 35.5. The molecule has 1 amide bonds. The molecule has 2 fully saturated rings. The molecule has 0 radical (unpaired) electrons. The van der Waals surface area contributed by atoms with Crippen LogP contribution in [0, 0.1) is 5.92 Å². The van der Waals surface area contributed by atoms with E-state index in [1.807, 2.05) is 4.90 Å². The van der Waals surface area contributed by atoms with Gasteiger partial charge in [0, 0.05) is 32.4 Å². The van der Waals surface area contributed by atoms with Gasteiger partial charge in [0.2, 0.25) is 5.91 Å². The number of amides is 1. The van der Waals surface area contributed by atoms with E-state index in [9.17, 15) is 4.79 Å². The van der Waals surface area contributed by atoms with Crippen LogP contribution in [0.1, 0.15) is 6.42 Å². The summed E-state index contributed by atoms with van der Waals surface area (Å²) in [6.45, 7) is 4.09. The van der Waals surface area contributed by atoms with Gasteiger partial charge in [-0.05, 0) is 12.5 Å². The summed E-state index contributed by atoms with van der Waals surface area (Å²) in [5, 5.41) is 1.05. The third-order valence-electron chi connectivity index (χ3n) is 3.95. The van der Waals surface area contributed by atoms with Crippen molar-refractivity contribution in [1.29, 1.82) is 0 Å². The Labute approximate surface area is 133 Å². The lowest BCUT2D eigenvalue weighted by molar-refractivity contribution is -0.138. The zero-order chi connectivity index (χ0) is 14.8. The third kappa shape index (κ3) is 3.25. The van der Waals surface area contributed by atoms with Crippen LogP contribution in [0.4, 0.5) is 5.82 Å². The van der Waals surface area contributed by atoms with Crippen LogP contribution in [0.2, 0.25) is 10.0 Å². The number of pyridine rings is 1. The highest BCUT2D eigenvalue weighted by Crippen LogP contribution is 2.30. The summed E-state index contributed by atoms with van der Waals surface area (Å²) in [6.07, 6.45) is 2.41. The molecule has 21 heavy (non-hydrogen) atoms. The van der Waals surface area contributed by atoms with E-state index in [-0.39, 0.29) is 11.8 Å². The molecule has 0 N–H and O–H groups in total. The van der Waals surface area contributed by atoms with Gasteiger partial charge in [-0.1, -0.05) is 23.2 Å². The lowest BCUT2D eigenvalue weighted by atomic mass is 10.1. The first-order valence-corrected chi connectivity index (χ1v) is 7.83. The Hall–Kier alpha value is -1.04. The second-order valence-electron chi connectivity index (χ2n) is 5.33. The molecule has 0 saturated carbocycles. The first-order valence-electron chi connectivity index (χ1n) is 7.07. The molecule has 7 heteroatoms. The molecule has 0 aliphatic carbocycles. The minimum absolute atomic E-state index is 0.0108. The van der Waals surface area contributed by atoms with E-state index in [4.69, 9.17) is 27.9 Å². The van der Waals surface area contributed by atoms with Gasteiger partial charge in [-0.3, -0.25) is 4.79 Å². The Morgan fingerprint density at radius 1 is 1.29 bits per heavy atom. The SMILES string of the molecule is O=C(C1CCN(c2ncc(Cl)cc2Cl)C1)N1CCOCC1. The fourth-order valence-corrected chi connectivity index (χ4v) is 3.34. The van der Waals surface area contributed by atoms with Gasteiger partial charge >= 0.3 is 0 Å². The van der Waals surface area contributed by atoms with E-state index in [1.165, 1.54) is 0 Å². The van der Waals surface area contributed by atoms with Gasteiger partial charge in [-0.15, -0.1) is 0 Å². The van der Waals surface area contributed by atoms with Crippen molar-refractivity contribution in [1.82, 2.24) is 9.88 Å². The van der Waals surface area contributed by atoms with E-state index in [2.05, 4.69) is 9.88 Å². The van der Waals surface area contributed by atoms with Crippen molar-refractivity contribution in [3.05, 3.63) is 22.3 Å². The van der Waals surface area contributed by atoms with Crippen LogP contribution in [-0.2, 0) is 9.53 Å². The number of hydrogen-bond donors (Lipinski definition) is 0.